The van der Waals surface area contributed by atoms with Crippen molar-refractivity contribution in [3.63, 3.8) is 0 Å². The predicted octanol–water partition coefficient (Wildman–Crippen LogP) is 13.7. The van der Waals surface area contributed by atoms with Crippen molar-refractivity contribution in [3.05, 3.63) is 230 Å². The first-order valence-electron chi connectivity index (χ1n) is 22.3. The highest BCUT2D eigenvalue weighted by Gasteiger charge is 2.37. The summed E-state index contributed by atoms with van der Waals surface area (Å²) in [7, 11) is -3.32. The molecule has 10 aromatic rings. The Bertz CT molecular complexity index is 3140. The first-order chi connectivity index (χ1) is 31.6. The van der Waals surface area contributed by atoms with Gasteiger partial charge in [-0.25, -0.2) is 15.0 Å². The zero-order chi connectivity index (χ0) is 42.9. The Morgan fingerprint density at radius 2 is 0.688 bits per heavy atom. The number of hydrogen-bond acceptors (Lipinski definition) is 4. The van der Waals surface area contributed by atoms with Gasteiger partial charge in [-0.2, -0.15) is 0 Å². The van der Waals surface area contributed by atoms with Gasteiger partial charge in [-0.15, -0.1) is 0 Å². The van der Waals surface area contributed by atoms with Gasteiger partial charge in [0.15, 0.2) is 24.6 Å². The number of nitrogens with zero attached hydrogens (tertiary/aromatic N) is 3. The highest BCUT2D eigenvalue weighted by atomic mass is 31.2. The van der Waals surface area contributed by atoms with Crippen molar-refractivity contribution in [2.45, 2.75) is 37.5 Å². The topological polar surface area (TPSA) is 55.7 Å². The zero-order valence-corrected chi connectivity index (χ0v) is 36.4. The van der Waals surface area contributed by atoms with Crippen LogP contribution in [0.25, 0.3) is 66.8 Å². The molecule has 1 aliphatic rings. The highest BCUT2D eigenvalue weighted by molar-refractivity contribution is 7.86. The molecular formula is C59H46N3OP. The highest BCUT2D eigenvalue weighted by Crippen LogP contribution is 2.50. The molecule has 0 saturated heterocycles. The lowest BCUT2D eigenvalue weighted by molar-refractivity contribution is 0.346. The van der Waals surface area contributed by atoms with E-state index in [-0.39, 0.29) is 5.41 Å². The molecular weight excluding hydrogens is 798 g/mol. The van der Waals surface area contributed by atoms with Gasteiger partial charge in [-0.1, -0.05) is 238 Å². The van der Waals surface area contributed by atoms with Crippen LogP contribution < -0.4 is 15.9 Å². The van der Waals surface area contributed by atoms with Crippen LogP contribution in [0, 0.1) is 0 Å². The second-order valence-electron chi connectivity index (χ2n) is 16.9. The molecule has 0 unspecified atom stereocenters. The second-order valence-corrected chi connectivity index (χ2v) is 19.6. The van der Waals surface area contributed by atoms with E-state index < -0.39 is 7.14 Å². The van der Waals surface area contributed by atoms with Crippen molar-refractivity contribution in [2.24, 2.45) is 0 Å². The molecule has 4 nitrogen and oxygen atoms in total. The molecule has 1 aromatic heterocycles. The summed E-state index contributed by atoms with van der Waals surface area (Å²) in [6.07, 6.45) is 5.77. The summed E-state index contributed by atoms with van der Waals surface area (Å²) < 4.78 is 16.1. The summed E-state index contributed by atoms with van der Waals surface area (Å²) in [5.74, 6) is 1.98. The minimum absolute atomic E-state index is 0.120. The van der Waals surface area contributed by atoms with Gasteiger partial charge in [-0.3, -0.25) is 0 Å². The van der Waals surface area contributed by atoms with Crippen LogP contribution >= 0.6 is 7.14 Å². The Hall–Kier alpha value is -7.26. The number of fused-ring (bicyclic) bond motifs is 2. The summed E-state index contributed by atoms with van der Waals surface area (Å²) in [5, 5.41) is 6.80. The third-order valence-corrected chi connectivity index (χ3v) is 16.4. The monoisotopic (exact) mass is 843 g/mol. The van der Waals surface area contributed by atoms with Crippen LogP contribution in [0.5, 0.6) is 0 Å². The van der Waals surface area contributed by atoms with Gasteiger partial charge in [0.25, 0.3) is 0 Å². The Balaban J connectivity index is 1.01. The van der Waals surface area contributed by atoms with Crippen molar-refractivity contribution in [1.82, 2.24) is 15.0 Å². The Morgan fingerprint density at radius 3 is 1.11 bits per heavy atom. The van der Waals surface area contributed by atoms with Crippen molar-refractivity contribution in [3.8, 4) is 45.3 Å². The fourth-order valence-corrected chi connectivity index (χ4v) is 13.2. The molecule has 11 rings (SSSR count). The summed E-state index contributed by atoms with van der Waals surface area (Å²) in [6.45, 7) is 0. The molecule has 0 radical (unpaired) electrons. The van der Waals surface area contributed by atoms with Gasteiger partial charge in [-0.05, 0) is 56.6 Å². The molecule has 0 amide bonds. The van der Waals surface area contributed by atoms with Gasteiger partial charge >= 0.3 is 0 Å². The van der Waals surface area contributed by atoms with Crippen molar-refractivity contribution in [1.29, 1.82) is 0 Å². The second kappa shape index (κ2) is 16.8. The molecule has 0 spiro atoms. The first-order valence-corrected chi connectivity index (χ1v) is 24.0. The minimum Gasteiger partial charge on any atom is -0.309 e. The van der Waals surface area contributed by atoms with Crippen LogP contribution in [-0.4, -0.2) is 15.0 Å². The van der Waals surface area contributed by atoms with Crippen molar-refractivity contribution < 1.29 is 4.57 Å². The minimum atomic E-state index is -3.32. The van der Waals surface area contributed by atoms with Crippen molar-refractivity contribution >= 4 is 44.6 Å². The van der Waals surface area contributed by atoms with E-state index in [2.05, 4.69) is 97.1 Å². The first kappa shape index (κ1) is 39.6. The SMILES string of the molecule is O=P(c1ccccc1)(c1ccccc1)c1c2ccccc2c(-c2ccc(C3(c4ccc(-c5nc(-c6ccccc6)nc(-c6ccccc6)n5)cc4)CCCCC3)cc2)c2ccccc12. The average molecular weight is 844 g/mol. The molecule has 0 atom stereocenters. The Labute approximate surface area is 374 Å². The Morgan fingerprint density at radius 1 is 0.344 bits per heavy atom. The molecule has 0 aliphatic heterocycles. The van der Waals surface area contributed by atoms with E-state index >= 15 is 4.57 Å². The van der Waals surface area contributed by atoms with Crippen LogP contribution in [0.3, 0.4) is 0 Å². The van der Waals surface area contributed by atoms with Crippen LogP contribution in [0.2, 0.25) is 0 Å². The summed E-state index contributed by atoms with van der Waals surface area (Å²) in [5.41, 5.74) is 7.74. The number of aromatic nitrogens is 3. The quantitative estimate of drug-likeness (QED) is 0.107. The molecule has 9 aromatic carbocycles. The fourth-order valence-electron chi connectivity index (χ4n) is 10.2. The number of hydrogen-bond donors (Lipinski definition) is 0. The van der Waals surface area contributed by atoms with Crippen LogP contribution in [-0.2, 0) is 9.98 Å². The average Bonchev–Trinajstić information content (AvgIpc) is 3.39. The van der Waals surface area contributed by atoms with Gasteiger partial charge in [0.1, 0.15) is 0 Å². The largest absolute Gasteiger partial charge is 0.309 e. The van der Waals surface area contributed by atoms with E-state index in [4.69, 9.17) is 15.0 Å². The smallest absolute Gasteiger partial charge is 0.172 e. The van der Waals surface area contributed by atoms with E-state index in [1.165, 1.54) is 36.0 Å². The van der Waals surface area contributed by atoms with Crippen molar-refractivity contribution in [2.75, 3.05) is 0 Å². The lowest BCUT2D eigenvalue weighted by atomic mass is 9.65. The zero-order valence-electron chi connectivity index (χ0n) is 35.5. The Kier molecular flexibility index (Phi) is 10.4. The molecule has 1 saturated carbocycles. The molecule has 0 bridgehead atoms. The molecule has 5 heteroatoms. The number of benzene rings is 9. The van der Waals surface area contributed by atoms with Gasteiger partial charge < -0.3 is 4.57 Å². The number of rotatable bonds is 9. The van der Waals surface area contributed by atoms with Gasteiger partial charge in [0, 0.05) is 38.0 Å². The molecule has 1 fully saturated rings. The lowest BCUT2D eigenvalue weighted by Crippen LogP contribution is -2.30. The molecule has 1 heterocycles. The van der Waals surface area contributed by atoms with Gasteiger partial charge in [0.05, 0.1) is 0 Å². The van der Waals surface area contributed by atoms with Crippen LogP contribution in [0.4, 0.5) is 0 Å². The van der Waals surface area contributed by atoms with E-state index in [9.17, 15) is 0 Å². The normalized spacial score (nSPS) is 13.8. The van der Waals surface area contributed by atoms with Crippen LogP contribution in [0.1, 0.15) is 43.2 Å². The van der Waals surface area contributed by atoms with Gasteiger partial charge in [0.2, 0.25) is 0 Å². The third-order valence-electron chi connectivity index (χ3n) is 13.3. The summed E-state index contributed by atoms with van der Waals surface area (Å²) in [6, 6.07) is 75.9. The molecule has 64 heavy (non-hydrogen) atoms. The summed E-state index contributed by atoms with van der Waals surface area (Å²) in [4.78, 5) is 14.9. The maximum Gasteiger partial charge on any atom is 0.172 e. The van der Waals surface area contributed by atoms with E-state index in [0.29, 0.717) is 17.5 Å². The standard InChI is InChI=1S/C59H46N3OP/c63-64(48-24-10-3-11-25-48,49-26-12-4-13-27-49)55-52-30-16-14-28-50(52)54(51-29-15-17-31-53(51)55)42-32-36-46(37-33-42)59(40-18-5-19-41-59)47-38-34-45(35-39-47)58-61-56(43-20-6-1-7-21-43)60-57(62-58)44-22-8-2-9-23-44/h1-4,6-17,20-39H,5,18-19,40-41H2. The fraction of sp³-hybridized carbons (Fsp3) is 0.102. The van der Waals surface area contributed by atoms with E-state index in [1.54, 1.807) is 0 Å². The predicted molar refractivity (Wildman–Crippen MR) is 266 cm³/mol. The maximum absolute atomic E-state index is 16.1. The third kappa shape index (κ3) is 6.96. The molecule has 308 valence electrons. The molecule has 0 N–H and O–H groups in total. The van der Waals surface area contributed by atoms with Crippen LogP contribution in [0.15, 0.2) is 218 Å². The van der Waals surface area contributed by atoms with E-state index in [0.717, 1.165) is 72.6 Å². The summed E-state index contributed by atoms with van der Waals surface area (Å²) >= 11 is 0. The maximum atomic E-state index is 16.1. The molecule has 1 aliphatic carbocycles. The van der Waals surface area contributed by atoms with E-state index in [1.807, 2.05) is 121 Å². The lowest BCUT2D eigenvalue weighted by Gasteiger charge is -2.39.